The first-order valence-corrected chi connectivity index (χ1v) is 10.5. The van der Waals surface area contributed by atoms with Crippen LogP contribution in [0.5, 0.6) is 0 Å². The number of piperidine rings is 1. The molecule has 5 heteroatoms. The molecule has 5 nitrogen and oxygen atoms in total. The maximum absolute atomic E-state index is 12.6. The minimum atomic E-state index is 0.0460. The molecule has 3 amide bonds. The number of hydrogen-bond donors (Lipinski definition) is 1. The Balaban J connectivity index is 1.41. The third kappa shape index (κ3) is 4.68. The van der Waals surface area contributed by atoms with Crippen molar-refractivity contribution in [1.29, 1.82) is 0 Å². The number of amides is 3. The highest BCUT2D eigenvalue weighted by molar-refractivity contribution is 5.78. The van der Waals surface area contributed by atoms with E-state index in [9.17, 15) is 9.59 Å². The molecule has 0 bridgehead atoms. The summed E-state index contributed by atoms with van der Waals surface area (Å²) in [4.78, 5) is 29.0. The summed E-state index contributed by atoms with van der Waals surface area (Å²) >= 11 is 0. The number of fused-ring (bicyclic) bond motifs is 1. The van der Waals surface area contributed by atoms with Gasteiger partial charge in [-0.2, -0.15) is 0 Å². The van der Waals surface area contributed by atoms with Crippen molar-refractivity contribution < 1.29 is 9.59 Å². The van der Waals surface area contributed by atoms with Crippen LogP contribution in [-0.4, -0.2) is 54.0 Å². The van der Waals surface area contributed by atoms with E-state index in [1.54, 1.807) is 0 Å². The van der Waals surface area contributed by atoms with Gasteiger partial charge in [0.15, 0.2) is 0 Å². The largest absolute Gasteiger partial charge is 0.343 e. The van der Waals surface area contributed by atoms with Crippen LogP contribution in [0.2, 0.25) is 0 Å². The van der Waals surface area contributed by atoms with Gasteiger partial charge in [0.25, 0.3) is 0 Å². The fourth-order valence-corrected chi connectivity index (χ4v) is 5.10. The standard InChI is InChI=1S/C20H35N3O2/c1-22(17-10-3-2-4-11-17)19(24)13-14-21-20(25)23-15-7-9-16-8-5-6-12-18(16)23/h16-18H,2-15H2,1H3,(H,21,25). The van der Waals surface area contributed by atoms with E-state index < -0.39 is 0 Å². The maximum Gasteiger partial charge on any atom is 0.317 e. The second kappa shape index (κ2) is 8.91. The Kier molecular flexibility index (Phi) is 6.60. The van der Waals surface area contributed by atoms with Crippen molar-refractivity contribution in [2.45, 2.75) is 89.1 Å². The molecule has 0 spiro atoms. The highest BCUT2D eigenvalue weighted by Gasteiger charge is 2.35. The Bertz CT molecular complexity index is 460. The van der Waals surface area contributed by atoms with E-state index >= 15 is 0 Å². The van der Waals surface area contributed by atoms with E-state index in [2.05, 4.69) is 10.2 Å². The summed E-state index contributed by atoms with van der Waals surface area (Å²) < 4.78 is 0. The lowest BCUT2D eigenvalue weighted by Crippen LogP contribution is -2.53. The van der Waals surface area contributed by atoms with Crippen molar-refractivity contribution in [1.82, 2.24) is 15.1 Å². The summed E-state index contributed by atoms with van der Waals surface area (Å²) in [5, 5.41) is 3.01. The van der Waals surface area contributed by atoms with E-state index in [1.165, 1.54) is 44.9 Å². The fraction of sp³-hybridized carbons (Fsp3) is 0.900. The van der Waals surface area contributed by atoms with E-state index in [4.69, 9.17) is 0 Å². The lowest BCUT2D eigenvalue weighted by Gasteiger charge is -2.44. The molecule has 0 aromatic heterocycles. The average molecular weight is 350 g/mol. The molecule has 0 radical (unpaired) electrons. The summed E-state index contributed by atoms with van der Waals surface area (Å²) in [6.45, 7) is 1.34. The van der Waals surface area contributed by atoms with Crippen molar-refractivity contribution in [2.75, 3.05) is 20.1 Å². The van der Waals surface area contributed by atoms with Crippen molar-refractivity contribution in [3.8, 4) is 0 Å². The van der Waals surface area contributed by atoms with Crippen LogP contribution in [0.4, 0.5) is 4.79 Å². The molecule has 3 fully saturated rings. The number of urea groups is 1. The lowest BCUT2D eigenvalue weighted by atomic mass is 9.78. The van der Waals surface area contributed by atoms with Gasteiger partial charge in [0.1, 0.15) is 0 Å². The van der Waals surface area contributed by atoms with Crippen LogP contribution in [0.3, 0.4) is 0 Å². The van der Waals surface area contributed by atoms with Crippen LogP contribution in [-0.2, 0) is 4.79 Å². The summed E-state index contributed by atoms with van der Waals surface area (Å²) in [5.41, 5.74) is 0. The first-order chi connectivity index (χ1) is 12.2. The predicted molar refractivity (Wildman–Crippen MR) is 99.3 cm³/mol. The molecule has 2 aliphatic carbocycles. The lowest BCUT2D eigenvalue weighted by molar-refractivity contribution is -0.132. The SMILES string of the molecule is CN(C(=O)CCNC(=O)N1CCCC2CCCCC21)C1CCCCC1. The number of nitrogens with zero attached hydrogens (tertiary/aromatic N) is 2. The molecular weight excluding hydrogens is 314 g/mol. The summed E-state index contributed by atoms with van der Waals surface area (Å²) in [6.07, 6.45) is 13.8. The molecule has 1 heterocycles. The van der Waals surface area contributed by atoms with Crippen molar-refractivity contribution in [3.05, 3.63) is 0 Å². The van der Waals surface area contributed by atoms with Gasteiger partial charge in [0.05, 0.1) is 0 Å². The molecule has 1 N–H and O–H groups in total. The molecule has 3 aliphatic rings. The number of rotatable bonds is 4. The Morgan fingerprint density at radius 2 is 1.64 bits per heavy atom. The molecule has 3 rings (SSSR count). The van der Waals surface area contributed by atoms with Crippen LogP contribution in [0.15, 0.2) is 0 Å². The van der Waals surface area contributed by atoms with E-state index in [1.807, 2.05) is 11.9 Å². The van der Waals surface area contributed by atoms with Crippen LogP contribution < -0.4 is 5.32 Å². The minimum absolute atomic E-state index is 0.0460. The van der Waals surface area contributed by atoms with Crippen molar-refractivity contribution in [3.63, 3.8) is 0 Å². The molecule has 2 saturated carbocycles. The van der Waals surface area contributed by atoms with Gasteiger partial charge in [-0.25, -0.2) is 4.79 Å². The summed E-state index contributed by atoms with van der Waals surface area (Å²) in [7, 11) is 1.93. The number of carbonyl (C=O) groups excluding carboxylic acids is 2. The van der Waals surface area contributed by atoms with Crippen LogP contribution in [0, 0.1) is 5.92 Å². The zero-order valence-corrected chi connectivity index (χ0v) is 15.8. The number of likely N-dealkylation sites (tertiary alicyclic amines) is 1. The van der Waals surface area contributed by atoms with Crippen molar-refractivity contribution >= 4 is 11.9 Å². The zero-order valence-electron chi connectivity index (χ0n) is 15.8. The van der Waals surface area contributed by atoms with Gasteiger partial charge in [-0.3, -0.25) is 4.79 Å². The first-order valence-electron chi connectivity index (χ1n) is 10.5. The topological polar surface area (TPSA) is 52.7 Å². The molecule has 142 valence electrons. The molecule has 2 unspecified atom stereocenters. The third-order valence-corrected chi connectivity index (χ3v) is 6.63. The highest BCUT2D eigenvalue weighted by atomic mass is 16.2. The Hall–Kier alpha value is -1.26. The normalized spacial score (nSPS) is 27.5. The summed E-state index contributed by atoms with van der Waals surface area (Å²) in [6, 6.07) is 0.884. The molecule has 1 aliphatic heterocycles. The van der Waals surface area contributed by atoms with Gasteiger partial charge < -0.3 is 15.1 Å². The molecule has 0 aromatic rings. The maximum atomic E-state index is 12.6. The highest BCUT2D eigenvalue weighted by Crippen LogP contribution is 2.35. The zero-order chi connectivity index (χ0) is 17.6. The molecule has 2 atom stereocenters. The number of nitrogens with one attached hydrogen (secondary N) is 1. The fourth-order valence-electron chi connectivity index (χ4n) is 5.10. The van der Waals surface area contributed by atoms with E-state index in [0.717, 1.165) is 32.2 Å². The predicted octanol–water partition coefficient (Wildman–Crippen LogP) is 3.53. The van der Waals surface area contributed by atoms with E-state index in [0.29, 0.717) is 31.0 Å². The van der Waals surface area contributed by atoms with Crippen LogP contribution in [0.1, 0.15) is 77.0 Å². The first kappa shape index (κ1) is 18.5. The molecule has 1 saturated heterocycles. The van der Waals surface area contributed by atoms with Gasteiger partial charge in [-0.05, 0) is 44.4 Å². The van der Waals surface area contributed by atoms with Gasteiger partial charge in [-0.1, -0.05) is 32.1 Å². The quantitative estimate of drug-likeness (QED) is 0.844. The third-order valence-electron chi connectivity index (χ3n) is 6.63. The monoisotopic (exact) mass is 349 g/mol. The molecular formula is C20H35N3O2. The Morgan fingerprint density at radius 1 is 0.960 bits per heavy atom. The van der Waals surface area contributed by atoms with Gasteiger partial charge in [0, 0.05) is 38.6 Å². The van der Waals surface area contributed by atoms with Crippen LogP contribution >= 0.6 is 0 Å². The molecule has 25 heavy (non-hydrogen) atoms. The minimum Gasteiger partial charge on any atom is -0.343 e. The Morgan fingerprint density at radius 3 is 2.44 bits per heavy atom. The average Bonchev–Trinajstić information content (AvgIpc) is 2.67. The van der Waals surface area contributed by atoms with Gasteiger partial charge in [0.2, 0.25) is 5.91 Å². The van der Waals surface area contributed by atoms with Gasteiger partial charge >= 0.3 is 6.03 Å². The van der Waals surface area contributed by atoms with Gasteiger partial charge in [-0.15, -0.1) is 0 Å². The van der Waals surface area contributed by atoms with E-state index in [-0.39, 0.29) is 11.9 Å². The molecule has 0 aromatic carbocycles. The second-order valence-corrected chi connectivity index (χ2v) is 8.23. The Labute approximate surface area is 152 Å². The second-order valence-electron chi connectivity index (χ2n) is 8.23. The van der Waals surface area contributed by atoms with Crippen LogP contribution in [0.25, 0.3) is 0 Å². The van der Waals surface area contributed by atoms with Crippen molar-refractivity contribution in [2.24, 2.45) is 5.92 Å². The number of carbonyl (C=O) groups is 2. The summed E-state index contributed by atoms with van der Waals surface area (Å²) in [5.74, 6) is 0.869. The number of hydrogen-bond acceptors (Lipinski definition) is 2. The smallest absolute Gasteiger partial charge is 0.317 e.